The molecule has 1 unspecified atom stereocenters. The van der Waals surface area contributed by atoms with E-state index in [4.69, 9.17) is 10.5 Å². The Labute approximate surface area is 105 Å². The maximum atomic E-state index is 6.33. The zero-order chi connectivity index (χ0) is 12.3. The Bertz CT molecular complexity index is 480. The van der Waals surface area contributed by atoms with E-state index >= 15 is 0 Å². The summed E-state index contributed by atoms with van der Waals surface area (Å²) >= 11 is 1.59. The monoisotopic (exact) mass is 248 g/mol. The Hall–Kier alpha value is -1.39. The van der Waals surface area contributed by atoms with Gasteiger partial charge < -0.3 is 10.5 Å². The van der Waals surface area contributed by atoms with E-state index in [1.807, 2.05) is 36.6 Å². The van der Waals surface area contributed by atoms with E-state index in [9.17, 15) is 0 Å². The highest BCUT2D eigenvalue weighted by Gasteiger charge is 2.25. The molecular weight excluding hydrogens is 232 g/mol. The van der Waals surface area contributed by atoms with Crippen LogP contribution in [0.4, 0.5) is 0 Å². The van der Waals surface area contributed by atoms with E-state index in [2.05, 4.69) is 4.98 Å². The van der Waals surface area contributed by atoms with Crippen molar-refractivity contribution >= 4 is 11.3 Å². The van der Waals surface area contributed by atoms with E-state index in [0.29, 0.717) is 6.42 Å². The van der Waals surface area contributed by atoms with Crippen molar-refractivity contribution in [2.75, 3.05) is 7.11 Å². The number of ether oxygens (including phenoxy) is 1. The molecule has 0 aliphatic heterocycles. The second kappa shape index (κ2) is 4.85. The Morgan fingerprint density at radius 3 is 2.82 bits per heavy atom. The van der Waals surface area contributed by atoms with Gasteiger partial charge in [0.15, 0.2) is 0 Å². The summed E-state index contributed by atoms with van der Waals surface area (Å²) in [5, 5.41) is 2.89. The summed E-state index contributed by atoms with van der Waals surface area (Å²) in [6, 6.07) is 7.94. The lowest BCUT2D eigenvalue weighted by atomic mass is 9.94. The van der Waals surface area contributed by atoms with Gasteiger partial charge in [-0.2, -0.15) is 0 Å². The van der Waals surface area contributed by atoms with E-state index in [1.165, 1.54) is 0 Å². The Kier molecular flexibility index (Phi) is 3.45. The van der Waals surface area contributed by atoms with Crippen LogP contribution in [0.2, 0.25) is 0 Å². The molecule has 0 bridgehead atoms. The second-order valence-electron chi connectivity index (χ2n) is 4.24. The summed E-state index contributed by atoms with van der Waals surface area (Å²) in [6.07, 6.45) is 2.50. The SMILES string of the molecule is COc1ccccc1CC(C)(N)c1nccs1. The van der Waals surface area contributed by atoms with Gasteiger partial charge in [0, 0.05) is 18.0 Å². The molecule has 3 nitrogen and oxygen atoms in total. The van der Waals surface area contributed by atoms with Crippen molar-refractivity contribution in [3.05, 3.63) is 46.4 Å². The summed E-state index contributed by atoms with van der Waals surface area (Å²) in [7, 11) is 1.68. The number of methoxy groups -OCH3 is 1. The van der Waals surface area contributed by atoms with Crippen LogP contribution in [0.5, 0.6) is 5.75 Å². The minimum Gasteiger partial charge on any atom is -0.496 e. The molecule has 1 aromatic carbocycles. The molecule has 1 heterocycles. The van der Waals surface area contributed by atoms with Crippen LogP contribution in [0.1, 0.15) is 17.5 Å². The average Bonchev–Trinajstić information content (AvgIpc) is 2.83. The zero-order valence-corrected chi connectivity index (χ0v) is 10.8. The van der Waals surface area contributed by atoms with Crippen molar-refractivity contribution < 1.29 is 4.74 Å². The summed E-state index contributed by atoms with van der Waals surface area (Å²) in [5.41, 5.74) is 6.98. The third-order valence-electron chi connectivity index (χ3n) is 2.67. The fourth-order valence-electron chi connectivity index (χ4n) is 1.83. The van der Waals surface area contributed by atoms with Crippen molar-refractivity contribution in [2.45, 2.75) is 18.9 Å². The highest BCUT2D eigenvalue weighted by molar-refractivity contribution is 7.09. The molecule has 4 heteroatoms. The minimum absolute atomic E-state index is 0.456. The van der Waals surface area contributed by atoms with E-state index in [1.54, 1.807) is 24.6 Å². The summed E-state index contributed by atoms with van der Waals surface area (Å²) in [4.78, 5) is 4.29. The Balaban J connectivity index is 2.26. The van der Waals surface area contributed by atoms with Crippen LogP contribution in [-0.4, -0.2) is 12.1 Å². The highest BCUT2D eigenvalue weighted by atomic mass is 32.1. The number of rotatable bonds is 4. The Morgan fingerprint density at radius 1 is 1.41 bits per heavy atom. The molecule has 0 fully saturated rings. The smallest absolute Gasteiger partial charge is 0.122 e. The third kappa shape index (κ3) is 2.65. The molecule has 2 rings (SSSR count). The fraction of sp³-hybridized carbons (Fsp3) is 0.308. The van der Waals surface area contributed by atoms with Crippen LogP contribution in [-0.2, 0) is 12.0 Å². The van der Waals surface area contributed by atoms with Crippen molar-refractivity contribution in [3.63, 3.8) is 0 Å². The molecule has 0 amide bonds. The number of para-hydroxylation sites is 1. The molecule has 0 radical (unpaired) electrons. The maximum Gasteiger partial charge on any atom is 0.122 e. The lowest BCUT2D eigenvalue weighted by Crippen LogP contribution is -2.35. The maximum absolute atomic E-state index is 6.33. The van der Waals surface area contributed by atoms with Gasteiger partial charge in [0.1, 0.15) is 10.8 Å². The summed E-state index contributed by atoms with van der Waals surface area (Å²) in [6.45, 7) is 2.00. The topological polar surface area (TPSA) is 48.1 Å². The Morgan fingerprint density at radius 2 is 2.18 bits per heavy atom. The minimum atomic E-state index is -0.456. The number of nitrogens with two attached hydrogens (primary N) is 1. The van der Waals surface area contributed by atoms with Gasteiger partial charge in [-0.1, -0.05) is 18.2 Å². The van der Waals surface area contributed by atoms with Gasteiger partial charge in [-0.15, -0.1) is 11.3 Å². The van der Waals surface area contributed by atoms with Gasteiger partial charge in [-0.05, 0) is 18.6 Å². The number of hydrogen-bond acceptors (Lipinski definition) is 4. The van der Waals surface area contributed by atoms with Crippen molar-refractivity contribution in [1.82, 2.24) is 4.98 Å². The van der Waals surface area contributed by atoms with Crippen LogP contribution in [0.3, 0.4) is 0 Å². The molecule has 17 heavy (non-hydrogen) atoms. The quantitative estimate of drug-likeness (QED) is 0.904. The zero-order valence-electron chi connectivity index (χ0n) is 10.0. The second-order valence-corrected chi connectivity index (χ2v) is 5.14. The average molecular weight is 248 g/mol. The van der Waals surface area contributed by atoms with E-state index in [0.717, 1.165) is 16.3 Å². The van der Waals surface area contributed by atoms with Crippen LogP contribution < -0.4 is 10.5 Å². The first-order valence-electron chi connectivity index (χ1n) is 5.44. The van der Waals surface area contributed by atoms with Crippen molar-refractivity contribution in [2.24, 2.45) is 5.73 Å². The van der Waals surface area contributed by atoms with Gasteiger partial charge in [0.25, 0.3) is 0 Å². The molecule has 2 aromatic rings. The van der Waals surface area contributed by atoms with Crippen molar-refractivity contribution in [1.29, 1.82) is 0 Å². The lowest BCUT2D eigenvalue weighted by molar-refractivity contribution is 0.399. The van der Waals surface area contributed by atoms with Gasteiger partial charge in [0.2, 0.25) is 0 Å². The van der Waals surface area contributed by atoms with Crippen LogP contribution in [0.15, 0.2) is 35.8 Å². The number of benzene rings is 1. The number of aromatic nitrogens is 1. The molecule has 0 saturated carbocycles. The standard InChI is InChI=1S/C13H16N2OS/c1-13(14,12-15-7-8-17-12)9-10-5-3-4-6-11(10)16-2/h3-8H,9,14H2,1-2H3. The molecule has 0 spiro atoms. The van der Waals surface area contributed by atoms with Gasteiger partial charge >= 0.3 is 0 Å². The molecular formula is C13H16N2OS. The van der Waals surface area contributed by atoms with Gasteiger partial charge in [-0.3, -0.25) is 0 Å². The van der Waals surface area contributed by atoms with Gasteiger partial charge in [-0.25, -0.2) is 4.98 Å². The van der Waals surface area contributed by atoms with Crippen molar-refractivity contribution in [3.8, 4) is 5.75 Å². The predicted octanol–water partition coefficient (Wildman–Crippen LogP) is 2.57. The number of hydrogen-bond donors (Lipinski definition) is 1. The molecule has 2 N–H and O–H groups in total. The summed E-state index contributed by atoms with van der Waals surface area (Å²) < 4.78 is 5.34. The van der Waals surface area contributed by atoms with Crippen LogP contribution in [0, 0.1) is 0 Å². The number of nitrogens with zero attached hydrogens (tertiary/aromatic N) is 1. The molecule has 0 saturated heterocycles. The normalized spacial score (nSPS) is 14.3. The largest absolute Gasteiger partial charge is 0.496 e. The first-order valence-corrected chi connectivity index (χ1v) is 6.32. The molecule has 90 valence electrons. The van der Waals surface area contributed by atoms with Gasteiger partial charge in [0.05, 0.1) is 12.6 Å². The van der Waals surface area contributed by atoms with E-state index < -0.39 is 5.54 Å². The van der Waals surface area contributed by atoms with Crippen LogP contribution in [0.25, 0.3) is 0 Å². The molecule has 0 aliphatic rings. The third-order valence-corrected chi connectivity index (χ3v) is 3.72. The molecule has 1 atom stereocenters. The molecule has 0 aliphatic carbocycles. The fourth-order valence-corrected chi connectivity index (χ4v) is 2.54. The van der Waals surface area contributed by atoms with E-state index in [-0.39, 0.29) is 0 Å². The first-order chi connectivity index (χ1) is 8.13. The highest BCUT2D eigenvalue weighted by Crippen LogP contribution is 2.28. The predicted molar refractivity (Wildman–Crippen MR) is 70.4 cm³/mol. The lowest BCUT2D eigenvalue weighted by Gasteiger charge is -2.23. The van der Waals surface area contributed by atoms with Crippen LogP contribution >= 0.6 is 11.3 Å². The number of thiazole rings is 1. The molecule has 1 aromatic heterocycles. The first kappa shape index (κ1) is 12.1. The summed E-state index contributed by atoms with van der Waals surface area (Å²) in [5.74, 6) is 0.876.